The van der Waals surface area contributed by atoms with Gasteiger partial charge in [-0.15, -0.1) is 0 Å². The number of hydrogen-bond acceptors (Lipinski definition) is 5. The third kappa shape index (κ3) is 3.42. The molecule has 1 aliphatic rings. The van der Waals surface area contributed by atoms with Crippen molar-refractivity contribution in [3.8, 4) is 0 Å². The van der Waals surface area contributed by atoms with E-state index in [0.717, 1.165) is 0 Å². The summed E-state index contributed by atoms with van der Waals surface area (Å²) in [4.78, 5) is 29.2. The van der Waals surface area contributed by atoms with Crippen molar-refractivity contribution in [1.82, 2.24) is 9.36 Å². The van der Waals surface area contributed by atoms with Crippen LogP contribution in [0.25, 0.3) is 0 Å². The average Bonchev–Trinajstić information content (AvgIpc) is 2.81. The Balaban J connectivity index is 2.73. The van der Waals surface area contributed by atoms with Gasteiger partial charge in [-0.2, -0.15) is 0 Å². The number of hydrogen-bond donors (Lipinski definition) is 2. The molecule has 0 saturated heterocycles. The van der Waals surface area contributed by atoms with Crippen LogP contribution >= 0.6 is 11.6 Å². The SMILES string of the molecule is CCn1c(NC(C)C)c(/N=C2\C=C(C)C(=O)C(Cl)=C2N)c(=O)n1CC. The minimum absolute atomic E-state index is 0.0668. The number of anilines is 1. The molecule has 1 aromatic rings. The number of allylic oxidation sites excluding steroid dienone is 3. The van der Waals surface area contributed by atoms with E-state index < -0.39 is 0 Å². The maximum atomic E-state index is 12.8. The van der Waals surface area contributed by atoms with Crippen LogP contribution in [0.1, 0.15) is 34.6 Å². The van der Waals surface area contributed by atoms with Gasteiger partial charge in [0.2, 0.25) is 5.78 Å². The lowest BCUT2D eigenvalue weighted by Gasteiger charge is -2.16. The second kappa shape index (κ2) is 7.31. The number of rotatable bonds is 5. The third-order valence-electron chi connectivity index (χ3n) is 3.89. The number of halogens is 1. The summed E-state index contributed by atoms with van der Waals surface area (Å²) in [5.74, 6) is 0.305. The quantitative estimate of drug-likeness (QED) is 0.784. The van der Waals surface area contributed by atoms with Crippen molar-refractivity contribution in [3.05, 3.63) is 32.7 Å². The Bertz CT molecular complexity index is 855. The number of Topliss-reactive ketones (excluding diaryl/α,β-unsaturated/α-hetero) is 1. The maximum Gasteiger partial charge on any atom is 0.294 e. The van der Waals surface area contributed by atoms with E-state index in [1.807, 2.05) is 32.4 Å². The first-order chi connectivity index (χ1) is 11.7. The van der Waals surface area contributed by atoms with Crippen molar-refractivity contribution in [3.63, 3.8) is 0 Å². The van der Waals surface area contributed by atoms with Gasteiger partial charge in [-0.25, -0.2) is 9.67 Å². The molecule has 3 N–H and O–H groups in total. The Hall–Kier alpha value is -2.28. The number of carbonyl (C=O) groups excluding carboxylic acids is 1. The topological polar surface area (TPSA) is 94.4 Å². The molecule has 136 valence electrons. The number of nitrogens with two attached hydrogens (primary N) is 1. The fourth-order valence-electron chi connectivity index (χ4n) is 2.71. The molecule has 0 atom stereocenters. The Labute approximate surface area is 151 Å². The van der Waals surface area contributed by atoms with Crippen molar-refractivity contribution in [2.45, 2.75) is 53.8 Å². The molecule has 0 aliphatic heterocycles. The molecule has 25 heavy (non-hydrogen) atoms. The molecule has 0 unspecified atom stereocenters. The number of carbonyl (C=O) groups is 1. The zero-order chi connectivity index (χ0) is 18.9. The Morgan fingerprint density at radius 3 is 2.36 bits per heavy atom. The van der Waals surface area contributed by atoms with E-state index in [4.69, 9.17) is 17.3 Å². The van der Waals surface area contributed by atoms with Crippen LogP contribution < -0.4 is 16.6 Å². The normalized spacial score (nSPS) is 16.8. The fraction of sp³-hybridized carbons (Fsp3) is 0.471. The number of nitrogens with zero attached hydrogens (tertiary/aromatic N) is 3. The Morgan fingerprint density at radius 1 is 1.24 bits per heavy atom. The van der Waals surface area contributed by atoms with Crippen molar-refractivity contribution in [1.29, 1.82) is 0 Å². The van der Waals surface area contributed by atoms with Gasteiger partial charge in [0.1, 0.15) is 5.03 Å². The Kier molecular flexibility index (Phi) is 5.57. The van der Waals surface area contributed by atoms with Gasteiger partial charge < -0.3 is 11.1 Å². The molecule has 1 aliphatic carbocycles. The minimum atomic E-state index is -0.323. The highest BCUT2D eigenvalue weighted by Crippen LogP contribution is 2.27. The number of aromatic nitrogens is 2. The smallest absolute Gasteiger partial charge is 0.294 e. The first-order valence-electron chi connectivity index (χ1n) is 8.30. The highest BCUT2D eigenvalue weighted by atomic mass is 35.5. The molecule has 1 heterocycles. The molecule has 0 spiro atoms. The summed E-state index contributed by atoms with van der Waals surface area (Å²) in [5, 5.41) is 3.21. The molecule has 0 saturated carbocycles. The van der Waals surface area contributed by atoms with Gasteiger partial charge in [0, 0.05) is 24.7 Å². The van der Waals surface area contributed by atoms with Crippen LogP contribution in [0, 0.1) is 0 Å². The summed E-state index contributed by atoms with van der Waals surface area (Å²) in [6.07, 6.45) is 1.56. The van der Waals surface area contributed by atoms with Crippen molar-refractivity contribution >= 4 is 34.6 Å². The van der Waals surface area contributed by atoms with Crippen LogP contribution in [-0.2, 0) is 17.9 Å². The fourth-order valence-corrected chi connectivity index (χ4v) is 2.95. The lowest BCUT2D eigenvalue weighted by molar-refractivity contribution is -0.111. The highest BCUT2D eigenvalue weighted by molar-refractivity contribution is 6.49. The second-order valence-electron chi connectivity index (χ2n) is 6.11. The van der Waals surface area contributed by atoms with Crippen LogP contribution in [-0.4, -0.2) is 26.9 Å². The second-order valence-corrected chi connectivity index (χ2v) is 6.49. The molecule has 2 rings (SSSR count). The highest BCUT2D eigenvalue weighted by Gasteiger charge is 2.24. The molecule has 0 bridgehead atoms. The third-order valence-corrected chi connectivity index (χ3v) is 4.27. The summed E-state index contributed by atoms with van der Waals surface area (Å²) in [6, 6.07) is 0.116. The van der Waals surface area contributed by atoms with E-state index in [2.05, 4.69) is 10.3 Å². The summed E-state index contributed by atoms with van der Waals surface area (Å²) in [5.41, 5.74) is 6.83. The van der Waals surface area contributed by atoms with Crippen LogP contribution in [0.3, 0.4) is 0 Å². The lowest BCUT2D eigenvalue weighted by atomic mass is 10.0. The molecular formula is C17H24ClN5O2. The zero-order valence-electron chi connectivity index (χ0n) is 15.2. The van der Waals surface area contributed by atoms with E-state index in [1.165, 1.54) is 0 Å². The first kappa shape index (κ1) is 19.1. The summed E-state index contributed by atoms with van der Waals surface area (Å²) in [6.45, 7) is 10.6. The summed E-state index contributed by atoms with van der Waals surface area (Å²) >= 11 is 6.01. The van der Waals surface area contributed by atoms with Gasteiger partial charge in [0.25, 0.3) is 5.56 Å². The van der Waals surface area contributed by atoms with Crippen LogP contribution in [0.5, 0.6) is 0 Å². The molecule has 0 aromatic carbocycles. The predicted molar refractivity (Wildman–Crippen MR) is 102 cm³/mol. The number of aliphatic imine (C=N–C) groups is 1. The van der Waals surface area contributed by atoms with Crippen LogP contribution in [0.4, 0.5) is 11.5 Å². The largest absolute Gasteiger partial charge is 0.396 e. The zero-order valence-corrected chi connectivity index (χ0v) is 15.9. The maximum absolute atomic E-state index is 12.8. The monoisotopic (exact) mass is 365 g/mol. The minimum Gasteiger partial charge on any atom is -0.396 e. The molecule has 0 fully saturated rings. The van der Waals surface area contributed by atoms with Crippen LogP contribution in [0.2, 0.25) is 0 Å². The van der Waals surface area contributed by atoms with Gasteiger partial charge in [0.05, 0.1) is 11.4 Å². The molecular weight excluding hydrogens is 342 g/mol. The van der Waals surface area contributed by atoms with E-state index in [1.54, 1.807) is 17.7 Å². The number of nitrogens with one attached hydrogen (secondary N) is 1. The van der Waals surface area contributed by atoms with Gasteiger partial charge in [-0.3, -0.25) is 14.3 Å². The van der Waals surface area contributed by atoms with Gasteiger partial charge in [-0.05, 0) is 40.7 Å². The lowest BCUT2D eigenvalue weighted by Crippen LogP contribution is -2.23. The van der Waals surface area contributed by atoms with E-state index in [-0.39, 0.29) is 33.8 Å². The first-order valence-corrected chi connectivity index (χ1v) is 8.68. The van der Waals surface area contributed by atoms with Crippen molar-refractivity contribution in [2.75, 3.05) is 5.32 Å². The Morgan fingerprint density at radius 2 is 1.84 bits per heavy atom. The molecule has 7 nitrogen and oxygen atoms in total. The van der Waals surface area contributed by atoms with E-state index in [0.29, 0.717) is 30.2 Å². The molecule has 0 amide bonds. The standard InChI is InChI=1S/C17H24ClN5O2/c1-6-22-16(20-9(3)4)14(17(25)23(22)7-2)21-11-8-10(5)15(24)12(18)13(11)19/h8-9,20H,6-7,19H2,1-5H3/b21-11+. The van der Waals surface area contributed by atoms with Gasteiger partial charge in [0.15, 0.2) is 11.5 Å². The molecule has 8 heteroatoms. The molecule has 0 radical (unpaired) electrons. The van der Waals surface area contributed by atoms with Crippen LogP contribution in [0.15, 0.2) is 32.2 Å². The molecule has 1 aromatic heterocycles. The van der Waals surface area contributed by atoms with Gasteiger partial charge in [-0.1, -0.05) is 11.6 Å². The summed E-state index contributed by atoms with van der Waals surface area (Å²) in [7, 11) is 0. The predicted octanol–water partition coefficient (Wildman–Crippen LogP) is 2.52. The number of ketones is 1. The van der Waals surface area contributed by atoms with Gasteiger partial charge >= 0.3 is 0 Å². The average molecular weight is 366 g/mol. The van der Waals surface area contributed by atoms with E-state index in [9.17, 15) is 9.59 Å². The van der Waals surface area contributed by atoms with E-state index >= 15 is 0 Å². The van der Waals surface area contributed by atoms with Crippen molar-refractivity contribution in [2.24, 2.45) is 10.7 Å². The van der Waals surface area contributed by atoms with Crippen molar-refractivity contribution < 1.29 is 4.79 Å². The summed E-state index contributed by atoms with van der Waals surface area (Å²) < 4.78 is 3.48.